The van der Waals surface area contributed by atoms with Crippen LogP contribution in [0.15, 0.2) is 24.5 Å². The van der Waals surface area contributed by atoms with E-state index < -0.39 is 11.9 Å². The van der Waals surface area contributed by atoms with Crippen LogP contribution in [-0.2, 0) is 6.42 Å². The Bertz CT molecular complexity index is 655. The molecule has 0 saturated carbocycles. The van der Waals surface area contributed by atoms with Crippen molar-refractivity contribution in [2.75, 3.05) is 5.73 Å². The third-order valence-corrected chi connectivity index (χ3v) is 2.61. The standard InChI is InChI=1S/C12H10N4O4/c13-12-15-5-14-9(16-12)4-8-6(10(17)18)2-1-3-7(8)11(19)20/h1-3,5H,4H2,(H,17,18)(H,19,20)(H2,13,14,15,16). The summed E-state index contributed by atoms with van der Waals surface area (Å²) >= 11 is 0. The number of nitrogens with two attached hydrogens (primary N) is 1. The molecule has 0 aliphatic heterocycles. The van der Waals surface area contributed by atoms with Crippen LogP contribution >= 0.6 is 0 Å². The number of anilines is 1. The van der Waals surface area contributed by atoms with E-state index in [1.807, 2.05) is 0 Å². The monoisotopic (exact) mass is 274 g/mol. The molecule has 0 unspecified atom stereocenters. The smallest absolute Gasteiger partial charge is 0.336 e. The molecule has 0 amide bonds. The first kappa shape index (κ1) is 13.4. The summed E-state index contributed by atoms with van der Waals surface area (Å²) in [6.07, 6.45) is 1.12. The van der Waals surface area contributed by atoms with Crippen LogP contribution in [0, 0.1) is 0 Å². The van der Waals surface area contributed by atoms with E-state index in [0.717, 1.165) is 0 Å². The number of hydrogen-bond donors (Lipinski definition) is 3. The van der Waals surface area contributed by atoms with Crippen LogP contribution in [-0.4, -0.2) is 37.1 Å². The molecule has 1 heterocycles. The molecule has 0 saturated heterocycles. The van der Waals surface area contributed by atoms with Crippen LogP contribution in [0.1, 0.15) is 32.1 Å². The largest absolute Gasteiger partial charge is 0.478 e. The van der Waals surface area contributed by atoms with Gasteiger partial charge < -0.3 is 15.9 Å². The van der Waals surface area contributed by atoms with Gasteiger partial charge in [-0.25, -0.2) is 19.6 Å². The zero-order valence-corrected chi connectivity index (χ0v) is 10.1. The van der Waals surface area contributed by atoms with Gasteiger partial charge >= 0.3 is 11.9 Å². The molecule has 8 nitrogen and oxygen atoms in total. The molecule has 4 N–H and O–H groups in total. The molecule has 2 aromatic rings. The third-order valence-electron chi connectivity index (χ3n) is 2.61. The van der Waals surface area contributed by atoms with Gasteiger partial charge in [0.2, 0.25) is 5.95 Å². The lowest BCUT2D eigenvalue weighted by molar-refractivity contribution is 0.0696. The summed E-state index contributed by atoms with van der Waals surface area (Å²) in [7, 11) is 0. The fourth-order valence-corrected chi connectivity index (χ4v) is 1.77. The van der Waals surface area contributed by atoms with E-state index in [-0.39, 0.29) is 34.9 Å². The van der Waals surface area contributed by atoms with Crippen LogP contribution in [0.2, 0.25) is 0 Å². The number of benzene rings is 1. The molecule has 0 aliphatic rings. The molecule has 0 atom stereocenters. The number of hydrogen-bond acceptors (Lipinski definition) is 6. The van der Waals surface area contributed by atoms with Gasteiger partial charge in [0, 0.05) is 6.42 Å². The van der Waals surface area contributed by atoms with E-state index >= 15 is 0 Å². The number of carboxylic acids is 2. The molecule has 102 valence electrons. The highest BCUT2D eigenvalue weighted by molar-refractivity contribution is 5.96. The van der Waals surface area contributed by atoms with Gasteiger partial charge in [0.25, 0.3) is 0 Å². The number of aromatic nitrogens is 3. The van der Waals surface area contributed by atoms with Gasteiger partial charge in [-0.3, -0.25) is 0 Å². The Morgan fingerprint density at radius 3 is 2.20 bits per heavy atom. The Morgan fingerprint density at radius 2 is 1.70 bits per heavy atom. The van der Waals surface area contributed by atoms with E-state index in [1.165, 1.54) is 24.5 Å². The molecule has 1 aromatic carbocycles. The Balaban J connectivity index is 2.53. The predicted octanol–water partition coefficient (Wildman–Crippen LogP) is 0.441. The van der Waals surface area contributed by atoms with Crippen molar-refractivity contribution >= 4 is 17.9 Å². The average molecular weight is 274 g/mol. The highest BCUT2D eigenvalue weighted by Crippen LogP contribution is 2.18. The molecule has 0 spiro atoms. The first-order chi connectivity index (χ1) is 9.49. The van der Waals surface area contributed by atoms with Gasteiger partial charge in [-0.15, -0.1) is 0 Å². The molecular formula is C12H10N4O4. The van der Waals surface area contributed by atoms with Crippen molar-refractivity contribution in [1.82, 2.24) is 15.0 Å². The topological polar surface area (TPSA) is 139 Å². The van der Waals surface area contributed by atoms with Crippen molar-refractivity contribution in [3.63, 3.8) is 0 Å². The summed E-state index contributed by atoms with van der Waals surface area (Å²) in [5.74, 6) is -2.25. The minimum absolute atomic E-state index is 0.0142. The quantitative estimate of drug-likeness (QED) is 0.729. The molecule has 8 heteroatoms. The fraction of sp³-hybridized carbons (Fsp3) is 0.0833. The minimum atomic E-state index is -1.22. The number of nitrogen functional groups attached to an aromatic ring is 1. The van der Waals surface area contributed by atoms with E-state index in [2.05, 4.69) is 15.0 Å². The van der Waals surface area contributed by atoms with Gasteiger partial charge in [0.05, 0.1) is 11.1 Å². The zero-order chi connectivity index (χ0) is 14.7. The maximum absolute atomic E-state index is 11.2. The maximum Gasteiger partial charge on any atom is 0.336 e. The second kappa shape index (κ2) is 5.31. The van der Waals surface area contributed by atoms with Crippen LogP contribution < -0.4 is 5.73 Å². The van der Waals surface area contributed by atoms with Crippen molar-refractivity contribution in [1.29, 1.82) is 0 Å². The van der Waals surface area contributed by atoms with Crippen molar-refractivity contribution in [3.8, 4) is 0 Å². The van der Waals surface area contributed by atoms with Crippen molar-refractivity contribution in [3.05, 3.63) is 47.0 Å². The second-order valence-electron chi connectivity index (χ2n) is 3.88. The number of nitrogens with zero attached hydrogens (tertiary/aromatic N) is 3. The predicted molar refractivity (Wildman–Crippen MR) is 67.4 cm³/mol. The van der Waals surface area contributed by atoms with E-state index in [9.17, 15) is 9.59 Å². The second-order valence-corrected chi connectivity index (χ2v) is 3.88. The number of rotatable bonds is 4. The molecule has 0 bridgehead atoms. The van der Waals surface area contributed by atoms with Crippen molar-refractivity contribution in [2.45, 2.75) is 6.42 Å². The molecule has 20 heavy (non-hydrogen) atoms. The third kappa shape index (κ3) is 2.69. The van der Waals surface area contributed by atoms with Gasteiger partial charge in [-0.05, 0) is 17.7 Å². The maximum atomic E-state index is 11.2. The summed E-state index contributed by atoms with van der Waals surface area (Å²) in [5.41, 5.74) is 5.32. The summed E-state index contributed by atoms with van der Waals surface area (Å²) in [4.78, 5) is 33.7. The Labute approximate surface area is 112 Å². The lowest BCUT2D eigenvalue weighted by atomic mass is 9.98. The first-order valence-electron chi connectivity index (χ1n) is 5.51. The van der Waals surface area contributed by atoms with Crippen LogP contribution in [0.4, 0.5) is 5.95 Å². The van der Waals surface area contributed by atoms with Crippen molar-refractivity contribution in [2.24, 2.45) is 0 Å². The Kier molecular flexibility index (Phi) is 3.56. The van der Waals surface area contributed by atoms with E-state index in [4.69, 9.17) is 15.9 Å². The Hall–Kier alpha value is -3.03. The molecule has 0 aliphatic carbocycles. The lowest BCUT2D eigenvalue weighted by Gasteiger charge is -2.09. The van der Waals surface area contributed by atoms with Gasteiger partial charge in [-0.1, -0.05) is 6.07 Å². The number of aromatic carboxylic acids is 2. The van der Waals surface area contributed by atoms with Crippen LogP contribution in [0.25, 0.3) is 0 Å². The van der Waals surface area contributed by atoms with Gasteiger partial charge in [0.1, 0.15) is 12.2 Å². The minimum Gasteiger partial charge on any atom is -0.478 e. The Morgan fingerprint density at radius 1 is 1.10 bits per heavy atom. The van der Waals surface area contributed by atoms with Gasteiger partial charge in [0.15, 0.2) is 0 Å². The fourth-order valence-electron chi connectivity index (χ4n) is 1.77. The molecule has 0 fully saturated rings. The van der Waals surface area contributed by atoms with Gasteiger partial charge in [-0.2, -0.15) is 4.98 Å². The highest BCUT2D eigenvalue weighted by atomic mass is 16.4. The summed E-state index contributed by atoms with van der Waals surface area (Å²) < 4.78 is 0. The van der Waals surface area contributed by atoms with Crippen molar-refractivity contribution < 1.29 is 19.8 Å². The summed E-state index contributed by atoms with van der Waals surface area (Å²) in [6.45, 7) is 0. The molecule has 1 aromatic heterocycles. The molecular weight excluding hydrogens is 264 g/mol. The number of carboxylic acid groups (broad SMARTS) is 2. The summed E-state index contributed by atoms with van der Waals surface area (Å²) in [6, 6.07) is 4.03. The molecule has 0 radical (unpaired) electrons. The van der Waals surface area contributed by atoms with E-state index in [1.54, 1.807) is 0 Å². The normalized spacial score (nSPS) is 10.2. The average Bonchev–Trinajstić information content (AvgIpc) is 2.38. The summed E-state index contributed by atoms with van der Waals surface area (Å²) in [5, 5.41) is 18.3. The van der Waals surface area contributed by atoms with E-state index in [0.29, 0.717) is 0 Å². The zero-order valence-electron chi connectivity index (χ0n) is 10.1. The first-order valence-corrected chi connectivity index (χ1v) is 5.51. The highest BCUT2D eigenvalue weighted by Gasteiger charge is 2.19. The molecule has 2 rings (SSSR count). The number of carbonyl (C=O) groups is 2. The van der Waals surface area contributed by atoms with Crippen LogP contribution in [0.5, 0.6) is 0 Å². The lowest BCUT2D eigenvalue weighted by Crippen LogP contribution is -2.12. The van der Waals surface area contributed by atoms with Crippen LogP contribution in [0.3, 0.4) is 0 Å². The SMILES string of the molecule is Nc1ncnc(Cc2c(C(=O)O)cccc2C(=O)O)n1.